The van der Waals surface area contributed by atoms with Gasteiger partial charge in [0.25, 0.3) is 5.91 Å². The summed E-state index contributed by atoms with van der Waals surface area (Å²) in [6, 6.07) is 10.9. The molecule has 23 heavy (non-hydrogen) atoms. The summed E-state index contributed by atoms with van der Waals surface area (Å²) >= 11 is 6.14. The Kier molecular flexibility index (Phi) is 5.45. The van der Waals surface area contributed by atoms with E-state index < -0.39 is 12.1 Å². The molecule has 0 aromatic heterocycles. The number of carbonyl (C=O) groups is 2. The molecule has 2 aromatic rings. The van der Waals surface area contributed by atoms with Crippen LogP contribution in [0.4, 0.5) is 0 Å². The van der Waals surface area contributed by atoms with Crippen LogP contribution in [0.3, 0.4) is 0 Å². The summed E-state index contributed by atoms with van der Waals surface area (Å²) in [5.41, 5.74) is 0. The molecule has 0 heterocycles. The molecular formula is C17H18ClNO4. The summed E-state index contributed by atoms with van der Waals surface area (Å²) in [5.74, 6) is -0.351. The van der Waals surface area contributed by atoms with Crippen molar-refractivity contribution in [3.8, 4) is 5.75 Å². The Bertz CT molecular complexity index is 730. The highest BCUT2D eigenvalue weighted by molar-refractivity contribution is 6.35. The van der Waals surface area contributed by atoms with Gasteiger partial charge >= 0.3 is 5.97 Å². The second kappa shape index (κ2) is 7.33. The van der Waals surface area contributed by atoms with E-state index in [1.165, 1.54) is 11.8 Å². The van der Waals surface area contributed by atoms with Crippen LogP contribution in [0.1, 0.15) is 6.92 Å². The Balaban J connectivity index is 2.03. The Morgan fingerprint density at radius 2 is 1.78 bits per heavy atom. The summed E-state index contributed by atoms with van der Waals surface area (Å²) in [7, 11) is 3.20. The fraction of sp³-hybridized carbons (Fsp3) is 0.294. The van der Waals surface area contributed by atoms with Crippen molar-refractivity contribution in [1.29, 1.82) is 0 Å². The molecule has 0 bridgehead atoms. The van der Waals surface area contributed by atoms with Gasteiger partial charge in [0.05, 0.1) is 0 Å². The molecule has 0 N–H and O–H groups in total. The fourth-order valence-electron chi connectivity index (χ4n) is 2.14. The van der Waals surface area contributed by atoms with E-state index in [1.807, 2.05) is 24.3 Å². The minimum atomic E-state index is -0.844. The number of halogens is 1. The first-order valence-electron chi connectivity index (χ1n) is 7.11. The van der Waals surface area contributed by atoms with Crippen molar-refractivity contribution in [3.63, 3.8) is 0 Å². The Labute approximate surface area is 139 Å². The van der Waals surface area contributed by atoms with Gasteiger partial charge in [0, 0.05) is 29.9 Å². The summed E-state index contributed by atoms with van der Waals surface area (Å²) in [5, 5.41) is 2.27. The van der Waals surface area contributed by atoms with E-state index in [4.69, 9.17) is 21.1 Å². The van der Waals surface area contributed by atoms with E-state index in [0.717, 1.165) is 10.8 Å². The fourth-order valence-corrected chi connectivity index (χ4v) is 2.37. The van der Waals surface area contributed by atoms with Crippen molar-refractivity contribution in [2.45, 2.75) is 13.0 Å². The van der Waals surface area contributed by atoms with Gasteiger partial charge in [0.1, 0.15) is 5.75 Å². The van der Waals surface area contributed by atoms with Gasteiger partial charge in [-0.1, -0.05) is 35.9 Å². The van der Waals surface area contributed by atoms with Crippen LogP contribution >= 0.6 is 11.6 Å². The zero-order valence-electron chi connectivity index (χ0n) is 13.2. The first-order chi connectivity index (χ1) is 10.9. The number of rotatable bonds is 5. The second-order valence-corrected chi connectivity index (χ2v) is 5.65. The molecule has 0 aliphatic rings. The normalized spacial score (nSPS) is 11.8. The molecule has 0 unspecified atom stereocenters. The molecule has 0 saturated carbocycles. The quantitative estimate of drug-likeness (QED) is 0.788. The SMILES string of the molecule is C[C@@H](OC(=O)COc1ccc(Cl)c2ccccc12)C(=O)N(C)C. The van der Waals surface area contributed by atoms with Crippen molar-refractivity contribution in [2.24, 2.45) is 0 Å². The Morgan fingerprint density at radius 1 is 1.13 bits per heavy atom. The van der Waals surface area contributed by atoms with Crippen LogP contribution in [-0.4, -0.2) is 43.6 Å². The van der Waals surface area contributed by atoms with Crippen LogP contribution in [0.5, 0.6) is 5.75 Å². The van der Waals surface area contributed by atoms with E-state index in [9.17, 15) is 9.59 Å². The third kappa shape index (κ3) is 4.13. The molecule has 0 spiro atoms. The average molecular weight is 336 g/mol. The van der Waals surface area contributed by atoms with Crippen LogP contribution < -0.4 is 4.74 Å². The van der Waals surface area contributed by atoms with Crippen molar-refractivity contribution >= 4 is 34.2 Å². The maximum atomic E-state index is 11.8. The molecule has 6 heteroatoms. The highest BCUT2D eigenvalue weighted by Gasteiger charge is 2.19. The van der Waals surface area contributed by atoms with E-state index in [-0.39, 0.29) is 12.5 Å². The maximum absolute atomic E-state index is 11.8. The van der Waals surface area contributed by atoms with Gasteiger partial charge in [0.2, 0.25) is 0 Å². The Hall–Kier alpha value is -2.27. The molecular weight excluding hydrogens is 318 g/mol. The molecule has 1 amide bonds. The lowest BCUT2D eigenvalue weighted by Crippen LogP contribution is -2.35. The number of ether oxygens (including phenoxy) is 2. The molecule has 122 valence electrons. The van der Waals surface area contributed by atoms with Crippen LogP contribution in [0.25, 0.3) is 10.8 Å². The highest BCUT2D eigenvalue weighted by atomic mass is 35.5. The number of fused-ring (bicyclic) bond motifs is 1. The van der Waals surface area contributed by atoms with Gasteiger partial charge < -0.3 is 14.4 Å². The van der Waals surface area contributed by atoms with Crippen LogP contribution in [0.15, 0.2) is 36.4 Å². The van der Waals surface area contributed by atoms with E-state index in [1.54, 1.807) is 26.2 Å². The minimum Gasteiger partial charge on any atom is -0.481 e. The summed E-state index contributed by atoms with van der Waals surface area (Å²) < 4.78 is 10.6. The molecule has 1 atom stereocenters. The number of likely N-dealkylation sites (N-methyl/N-ethyl adjacent to an activating group) is 1. The van der Waals surface area contributed by atoms with E-state index in [2.05, 4.69) is 0 Å². The molecule has 0 fully saturated rings. The standard InChI is InChI=1S/C17H18ClNO4/c1-11(17(21)19(2)3)23-16(20)10-22-15-9-8-14(18)12-6-4-5-7-13(12)15/h4-9,11H,10H2,1-3H3/t11-/m1/s1. The summed E-state index contributed by atoms with van der Waals surface area (Å²) in [4.78, 5) is 24.8. The predicted octanol–water partition coefficient (Wildman–Crippen LogP) is 2.89. The number of nitrogens with zero attached hydrogens (tertiary/aromatic N) is 1. The van der Waals surface area contributed by atoms with Crippen molar-refractivity contribution in [1.82, 2.24) is 4.90 Å². The van der Waals surface area contributed by atoms with Crippen molar-refractivity contribution in [3.05, 3.63) is 41.4 Å². The third-order valence-electron chi connectivity index (χ3n) is 3.27. The first-order valence-corrected chi connectivity index (χ1v) is 7.48. The Morgan fingerprint density at radius 3 is 2.43 bits per heavy atom. The third-order valence-corrected chi connectivity index (χ3v) is 3.60. The summed E-state index contributed by atoms with van der Waals surface area (Å²) in [6.45, 7) is 1.24. The number of carbonyl (C=O) groups excluding carboxylic acids is 2. The number of hydrogen-bond acceptors (Lipinski definition) is 4. The lowest BCUT2D eigenvalue weighted by Gasteiger charge is -2.17. The van der Waals surface area contributed by atoms with Gasteiger partial charge in [0.15, 0.2) is 12.7 Å². The predicted molar refractivity (Wildman–Crippen MR) is 88.7 cm³/mol. The monoisotopic (exact) mass is 335 g/mol. The summed E-state index contributed by atoms with van der Waals surface area (Å²) in [6.07, 6.45) is -0.844. The molecule has 0 aliphatic heterocycles. The number of amides is 1. The average Bonchev–Trinajstić information content (AvgIpc) is 2.53. The second-order valence-electron chi connectivity index (χ2n) is 5.24. The topological polar surface area (TPSA) is 55.8 Å². The van der Waals surface area contributed by atoms with Crippen molar-refractivity contribution < 1.29 is 19.1 Å². The number of benzene rings is 2. The van der Waals surface area contributed by atoms with Gasteiger partial charge in [-0.25, -0.2) is 4.79 Å². The minimum absolute atomic E-state index is 0.281. The zero-order valence-corrected chi connectivity index (χ0v) is 14.0. The zero-order chi connectivity index (χ0) is 17.0. The lowest BCUT2D eigenvalue weighted by molar-refractivity contribution is -0.159. The number of hydrogen-bond donors (Lipinski definition) is 0. The van der Waals surface area contributed by atoms with Gasteiger partial charge in [-0.3, -0.25) is 4.79 Å². The highest BCUT2D eigenvalue weighted by Crippen LogP contribution is 2.31. The molecule has 2 rings (SSSR count). The van der Waals surface area contributed by atoms with Crippen LogP contribution in [0, 0.1) is 0 Å². The van der Waals surface area contributed by atoms with Crippen molar-refractivity contribution in [2.75, 3.05) is 20.7 Å². The number of esters is 1. The molecule has 0 saturated heterocycles. The van der Waals surface area contributed by atoms with E-state index >= 15 is 0 Å². The van der Waals surface area contributed by atoms with E-state index in [0.29, 0.717) is 10.8 Å². The van der Waals surface area contributed by atoms with Gasteiger partial charge in [-0.05, 0) is 19.1 Å². The van der Waals surface area contributed by atoms with Gasteiger partial charge in [-0.15, -0.1) is 0 Å². The van der Waals surface area contributed by atoms with Crippen LogP contribution in [-0.2, 0) is 14.3 Å². The smallest absolute Gasteiger partial charge is 0.344 e. The maximum Gasteiger partial charge on any atom is 0.344 e. The molecule has 5 nitrogen and oxygen atoms in total. The molecule has 0 aliphatic carbocycles. The van der Waals surface area contributed by atoms with Crippen LogP contribution in [0.2, 0.25) is 5.02 Å². The largest absolute Gasteiger partial charge is 0.481 e. The molecule has 2 aromatic carbocycles. The molecule has 0 radical (unpaired) electrons. The van der Waals surface area contributed by atoms with Gasteiger partial charge in [-0.2, -0.15) is 0 Å². The first kappa shape index (κ1) is 17.1. The lowest BCUT2D eigenvalue weighted by atomic mass is 10.1.